The van der Waals surface area contributed by atoms with Gasteiger partial charge in [-0.1, -0.05) is 47.0 Å². The van der Waals surface area contributed by atoms with Gasteiger partial charge in [-0.05, 0) is 50.1 Å². The summed E-state index contributed by atoms with van der Waals surface area (Å²) in [5.41, 5.74) is 4.47. The SMILES string of the molecule is Cc1cc(C)c(NC(=O)CN(C)C(=O)/C=C/c2c(Cl)cccc2Cl)c(C)c1. The van der Waals surface area contributed by atoms with Crippen LogP contribution in [-0.2, 0) is 9.59 Å². The topological polar surface area (TPSA) is 49.4 Å². The van der Waals surface area contributed by atoms with E-state index in [4.69, 9.17) is 23.2 Å². The molecule has 4 nitrogen and oxygen atoms in total. The fourth-order valence-electron chi connectivity index (χ4n) is 2.80. The van der Waals surface area contributed by atoms with Crippen LogP contribution in [0.3, 0.4) is 0 Å². The molecule has 142 valence electrons. The number of hydrogen-bond acceptors (Lipinski definition) is 2. The number of hydrogen-bond donors (Lipinski definition) is 1. The van der Waals surface area contributed by atoms with E-state index < -0.39 is 0 Å². The van der Waals surface area contributed by atoms with E-state index in [9.17, 15) is 9.59 Å². The van der Waals surface area contributed by atoms with Crippen LogP contribution >= 0.6 is 23.2 Å². The molecule has 0 aliphatic rings. The number of carbonyl (C=O) groups excluding carboxylic acids is 2. The summed E-state index contributed by atoms with van der Waals surface area (Å²) in [6, 6.07) is 9.14. The molecule has 0 aliphatic heterocycles. The number of benzene rings is 2. The molecule has 0 heterocycles. The first-order valence-electron chi connectivity index (χ1n) is 8.44. The number of halogens is 2. The molecule has 0 fully saturated rings. The summed E-state index contributed by atoms with van der Waals surface area (Å²) in [7, 11) is 1.56. The Kier molecular flexibility index (Phi) is 7.05. The number of anilines is 1. The van der Waals surface area contributed by atoms with Gasteiger partial charge in [-0.25, -0.2) is 0 Å². The molecular weight excluding hydrogens is 383 g/mol. The van der Waals surface area contributed by atoms with Gasteiger partial charge < -0.3 is 10.2 Å². The zero-order valence-corrected chi connectivity index (χ0v) is 17.3. The van der Waals surface area contributed by atoms with Crippen molar-refractivity contribution in [3.05, 3.63) is 68.7 Å². The predicted molar refractivity (Wildman–Crippen MR) is 112 cm³/mol. The Morgan fingerprint density at radius 1 is 1.07 bits per heavy atom. The van der Waals surface area contributed by atoms with Crippen molar-refractivity contribution in [3.8, 4) is 0 Å². The highest BCUT2D eigenvalue weighted by molar-refractivity contribution is 6.37. The summed E-state index contributed by atoms with van der Waals surface area (Å²) in [5, 5.41) is 3.80. The lowest BCUT2D eigenvalue weighted by molar-refractivity contribution is -0.129. The van der Waals surface area contributed by atoms with E-state index >= 15 is 0 Å². The maximum Gasteiger partial charge on any atom is 0.246 e. The number of aryl methyl sites for hydroxylation is 3. The zero-order valence-electron chi connectivity index (χ0n) is 15.8. The minimum absolute atomic E-state index is 0.0633. The first-order chi connectivity index (χ1) is 12.7. The smallest absolute Gasteiger partial charge is 0.246 e. The monoisotopic (exact) mass is 404 g/mol. The molecular formula is C21H22Cl2N2O2. The summed E-state index contributed by atoms with van der Waals surface area (Å²) in [6.07, 6.45) is 2.90. The summed E-state index contributed by atoms with van der Waals surface area (Å²) < 4.78 is 0. The highest BCUT2D eigenvalue weighted by Crippen LogP contribution is 2.25. The van der Waals surface area contributed by atoms with Gasteiger partial charge in [0.2, 0.25) is 11.8 Å². The number of carbonyl (C=O) groups is 2. The van der Waals surface area contributed by atoms with Crippen LogP contribution in [0.5, 0.6) is 0 Å². The summed E-state index contributed by atoms with van der Waals surface area (Å²) >= 11 is 12.2. The second kappa shape index (κ2) is 9.07. The summed E-state index contributed by atoms with van der Waals surface area (Å²) in [4.78, 5) is 25.9. The van der Waals surface area contributed by atoms with Crippen molar-refractivity contribution in [2.24, 2.45) is 0 Å². The molecule has 2 amide bonds. The number of amides is 2. The minimum Gasteiger partial charge on any atom is -0.333 e. The Hall–Kier alpha value is -2.30. The second-order valence-corrected chi connectivity index (χ2v) is 7.30. The summed E-state index contributed by atoms with van der Waals surface area (Å²) in [5.74, 6) is -0.580. The molecule has 6 heteroatoms. The van der Waals surface area contributed by atoms with E-state index in [0.717, 1.165) is 22.4 Å². The average molecular weight is 405 g/mol. The minimum atomic E-state index is -0.321. The van der Waals surface area contributed by atoms with Crippen LogP contribution in [0, 0.1) is 20.8 Å². The van der Waals surface area contributed by atoms with Crippen LogP contribution in [0.1, 0.15) is 22.3 Å². The molecule has 1 N–H and O–H groups in total. The first-order valence-corrected chi connectivity index (χ1v) is 9.19. The largest absolute Gasteiger partial charge is 0.333 e. The quantitative estimate of drug-likeness (QED) is 0.710. The van der Waals surface area contributed by atoms with Gasteiger partial charge in [-0.3, -0.25) is 9.59 Å². The summed E-state index contributed by atoms with van der Waals surface area (Å²) in [6.45, 7) is 5.84. The van der Waals surface area contributed by atoms with Crippen molar-refractivity contribution in [1.29, 1.82) is 0 Å². The number of rotatable bonds is 5. The third-order valence-corrected chi connectivity index (χ3v) is 4.75. The van der Waals surface area contributed by atoms with Crippen LogP contribution in [0.2, 0.25) is 10.0 Å². The molecule has 0 bridgehead atoms. The average Bonchev–Trinajstić information content (AvgIpc) is 2.57. The van der Waals surface area contributed by atoms with Gasteiger partial charge >= 0.3 is 0 Å². The van der Waals surface area contributed by atoms with Crippen molar-refractivity contribution in [2.45, 2.75) is 20.8 Å². The van der Waals surface area contributed by atoms with Gasteiger partial charge in [0.25, 0.3) is 0 Å². The van der Waals surface area contributed by atoms with Gasteiger partial charge in [0.05, 0.1) is 6.54 Å². The van der Waals surface area contributed by atoms with Crippen molar-refractivity contribution in [2.75, 3.05) is 18.9 Å². The molecule has 0 saturated carbocycles. The van der Waals surface area contributed by atoms with Gasteiger partial charge in [0.15, 0.2) is 0 Å². The van der Waals surface area contributed by atoms with Crippen LogP contribution in [-0.4, -0.2) is 30.3 Å². The fraction of sp³-hybridized carbons (Fsp3) is 0.238. The molecule has 0 radical (unpaired) electrons. The Morgan fingerprint density at radius 2 is 1.63 bits per heavy atom. The van der Waals surface area contributed by atoms with Crippen LogP contribution in [0.15, 0.2) is 36.4 Å². The van der Waals surface area contributed by atoms with Gasteiger partial charge in [0, 0.05) is 34.4 Å². The van der Waals surface area contributed by atoms with Crippen molar-refractivity contribution < 1.29 is 9.59 Å². The third kappa shape index (κ3) is 5.59. The number of nitrogens with zero attached hydrogens (tertiary/aromatic N) is 1. The highest BCUT2D eigenvalue weighted by atomic mass is 35.5. The van der Waals surface area contributed by atoms with E-state index in [0.29, 0.717) is 15.6 Å². The number of nitrogens with one attached hydrogen (secondary N) is 1. The Balaban J connectivity index is 2.02. The van der Waals surface area contributed by atoms with Crippen molar-refractivity contribution >= 4 is 46.8 Å². The van der Waals surface area contributed by atoms with E-state index in [1.54, 1.807) is 31.3 Å². The molecule has 0 saturated heterocycles. The first kappa shape index (κ1) is 21.0. The van der Waals surface area contributed by atoms with E-state index in [-0.39, 0.29) is 18.4 Å². The lowest BCUT2D eigenvalue weighted by Gasteiger charge is -2.17. The Bertz CT molecular complexity index is 864. The fourth-order valence-corrected chi connectivity index (χ4v) is 3.32. The molecule has 2 rings (SSSR count). The Labute approximate surface area is 169 Å². The van der Waals surface area contributed by atoms with Crippen molar-refractivity contribution in [1.82, 2.24) is 4.90 Å². The van der Waals surface area contributed by atoms with Crippen molar-refractivity contribution in [3.63, 3.8) is 0 Å². The lowest BCUT2D eigenvalue weighted by Crippen LogP contribution is -2.34. The van der Waals surface area contributed by atoms with Gasteiger partial charge in [-0.2, -0.15) is 0 Å². The second-order valence-electron chi connectivity index (χ2n) is 6.48. The molecule has 2 aromatic rings. The maximum atomic E-state index is 12.3. The number of likely N-dealkylation sites (N-methyl/N-ethyl adjacent to an activating group) is 1. The molecule has 0 atom stereocenters. The zero-order chi connectivity index (χ0) is 20.1. The standard InChI is InChI=1S/C21H22Cl2N2O2/c1-13-10-14(2)21(15(3)11-13)24-19(26)12-25(4)20(27)9-8-16-17(22)6-5-7-18(16)23/h5-11H,12H2,1-4H3,(H,24,26)/b9-8+. The lowest BCUT2D eigenvalue weighted by atomic mass is 10.1. The molecule has 0 spiro atoms. The molecule has 0 aliphatic carbocycles. The van der Waals surface area contributed by atoms with E-state index in [2.05, 4.69) is 5.32 Å². The van der Waals surface area contributed by atoms with E-state index in [1.165, 1.54) is 11.0 Å². The van der Waals surface area contributed by atoms with Gasteiger partial charge in [0.1, 0.15) is 0 Å². The normalized spacial score (nSPS) is 10.9. The third-order valence-electron chi connectivity index (χ3n) is 4.09. The predicted octanol–water partition coefficient (Wildman–Crippen LogP) is 5.03. The van der Waals surface area contributed by atoms with Crippen LogP contribution < -0.4 is 5.32 Å². The molecule has 0 aromatic heterocycles. The molecule has 2 aromatic carbocycles. The molecule has 0 unspecified atom stereocenters. The van der Waals surface area contributed by atoms with Crippen LogP contribution in [0.4, 0.5) is 5.69 Å². The highest BCUT2D eigenvalue weighted by Gasteiger charge is 2.13. The van der Waals surface area contributed by atoms with E-state index in [1.807, 2.05) is 32.9 Å². The maximum absolute atomic E-state index is 12.3. The molecule has 27 heavy (non-hydrogen) atoms. The van der Waals surface area contributed by atoms with Crippen LogP contribution in [0.25, 0.3) is 6.08 Å². The van der Waals surface area contributed by atoms with Gasteiger partial charge in [-0.15, -0.1) is 0 Å². The Morgan fingerprint density at radius 3 is 2.19 bits per heavy atom.